The molecule has 0 saturated heterocycles. The summed E-state index contributed by atoms with van der Waals surface area (Å²) in [5.41, 5.74) is 1.18. The summed E-state index contributed by atoms with van der Waals surface area (Å²) in [5.74, 6) is -0.823. The molecule has 0 atom stereocenters. The SMILES string of the molecule is COc1ccc(F)c(C(=O)Nc2cccc(CSCCC(=O)O)c2)c1OC. The van der Waals surface area contributed by atoms with Crippen LogP contribution < -0.4 is 14.8 Å². The third kappa shape index (κ3) is 5.62. The van der Waals surface area contributed by atoms with Crippen LogP contribution in [0, 0.1) is 5.82 Å². The number of amides is 1. The number of thioether (sulfide) groups is 1. The number of rotatable bonds is 9. The maximum absolute atomic E-state index is 14.2. The van der Waals surface area contributed by atoms with Gasteiger partial charge in [-0.05, 0) is 29.8 Å². The lowest BCUT2D eigenvalue weighted by atomic mass is 10.1. The van der Waals surface area contributed by atoms with Crippen molar-refractivity contribution in [2.45, 2.75) is 12.2 Å². The van der Waals surface area contributed by atoms with E-state index in [1.54, 1.807) is 18.2 Å². The van der Waals surface area contributed by atoms with E-state index in [2.05, 4.69) is 5.32 Å². The predicted octanol–water partition coefficient (Wildman–Crippen LogP) is 3.80. The Morgan fingerprint density at radius 1 is 1.19 bits per heavy atom. The smallest absolute Gasteiger partial charge is 0.304 e. The van der Waals surface area contributed by atoms with E-state index in [0.717, 1.165) is 11.6 Å². The number of carbonyl (C=O) groups excluding carboxylic acids is 1. The van der Waals surface area contributed by atoms with Gasteiger partial charge < -0.3 is 19.9 Å². The first-order chi connectivity index (χ1) is 13.0. The minimum absolute atomic E-state index is 0.0235. The number of hydrogen-bond acceptors (Lipinski definition) is 5. The molecule has 6 nitrogen and oxygen atoms in total. The normalized spacial score (nSPS) is 10.3. The summed E-state index contributed by atoms with van der Waals surface area (Å²) < 4.78 is 24.5. The summed E-state index contributed by atoms with van der Waals surface area (Å²) >= 11 is 1.48. The highest BCUT2D eigenvalue weighted by molar-refractivity contribution is 7.98. The van der Waals surface area contributed by atoms with Gasteiger partial charge in [0.2, 0.25) is 0 Å². The van der Waals surface area contributed by atoms with Gasteiger partial charge in [-0.15, -0.1) is 0 Å². The Labute approximate surface area is 160 Å². The molecule has 0 aromatic heterocycles. The van der Waals surface area contributed by atoms with Crippen molar-refractivity contribution in [2.24, 2.45) is 0 Å². The van der Waals surface area contributed by atoms with Crippen molar-refractivity contribution < 1.29 is 28.6 Å². The number of aliphatic carboxylic acids is 1. The van der Waals surface area contributed by atoms with Gasteiger partial charge in [-0.2, -0.15) is 11.8 Å². The summed E-state index contributed by atoms with van der Waals surface area (Å²) in [7, 11) is 2.74. The molecule has 0 spiro atoms. The second-order valence-electron chi connectivity index (χ2n) is 5.51. The predicted molar refractivity (Wildman–Crippen MR) is 102 cm³/mol. The number of halogens is 1. The third-order valence-electron chi connectivity index (χ3n) is 3.64. The van der Waals surface area contributed by atoms with Gasteiger partial charge in [0.25, 0.3) is 5.91 Å². The van der Waals surface area contributed by atoms with Crippen molar-refractivity contribution in [2.75, 3.05) is 25.3 Å². The van der Waals surface area contributed by atoms with Crippen LogP contribution in [-0.4, -0.2) is 37.0 Å². The Kier molecular flexibility index (Phi) is 7.48. The molecule has 0 aliphatic rings. The van der Waals surface area contributed by atoms with Crippen molar-refractivity contribution >= 4 is 29.3 Å². The minimum atomic E-state index is -0.835. The molecule has 0 fully saturated rings. The molecular formula is C19H20FNO5S. The second kappa shape index (κ2) is 9.82. The molecule has 0 aliphatic heterocycles. The van der Waals surface area contributed by atoms with Crippen LogP contribution in [0.3, 0.4) is 0 Å². The fraction of sp³-hybridized carbons (Fsp3) is 0.263. The monoisotopic (exact) mass is 393 g/mol. The number of nitrogens with one attached hydrogen (secondary N) is 1. The van der Waals surface area contributed by atoms with Crippen LogP contribution in [0.4, 0.5) is 10.1 Å². The van der Waals surface area contributed by atoms with Crippen LogP contribution in [0.1, 0.15) is 22.3 Å². The highest BCUT2D eigenvalue weighted by Crippen LogP contribution is 2.33. The van der Waals surface area contributed by atoms with Crippen molar-refractivity contribution in [3.8, 4) is 11.5 Å². The number of ether oxygens (including phenoxy) is 2. The summed E-state index contributed by atoms with van der Waals surface area (Å²) in [4.78, 5) is 23.1. The Morgan fingerprint density at radius 2 is 1.96 bits per heavy atom. The molecule has 0 radical (unpaired) electrons. The molecule has 8 heteroatoms. The third-order valence-corrected chi connectivity index (χ3v) is 4.67. The number of anilines is 1. The quantitative estimate of drug-likeness (QED) is 0.631. The Hall–Kier alpha value is -2.74. The van der Waals surface area contributed by atoms with Crippen LogP contribution in [0.2, 0.25) is 0 Å². The van der Waals surface area contributed by atoms with E-state index in [1.807, 2.05) is 6.07 Å². The first kappa shape index (κ1) is 20.6. The highest BCUT2D eigenvalue weighted by Gasteiger charge is 2.22. The molecule has 2 rings (SSSR count). The van der Waals surface area contributed by atoms with Crippen LogP contribution in [0.5, 0.6) is 11.5 Å². The van der Waals surface area contributed by atoms with Gasteiger partial charge in [-0.1, -0.05) is 12.1 Å². The molecule has 2 aromatic rings. The Bertz CT molecular complexity index is 828. The zero-order valence-electron chi connectivity index (χ0n) is 15.0. The zero-order valence-corrected chi connectivity index (χ0v) is 15.8. The molecular weight excluding hydrogens is 373 g/mol. The van der Waals surface area contributed by atoms with Gasteiger partial charge in [0.05, 0.1) is 20.6 Å². The number of carboxylic acids is 1. The van der Waals surface area contributed by atoms with Crippen molar-refractivity contribution in [3.63, 3.8) is 0 Å². The minimum Gasteiger partial charge on any atom is -0.493 e. The van der Waals surface area contributed by atoms with Gasteiger partial charge in [-0.3, -0.25) is 9.59 Å². The topological polar surface area (TPSA) is 84.9 Å². The van der Waals surface area contributed by atoms with Gasteiger partial charge in [-0.25, -0.2) is 4.39 Å². The largest absolute Gasteiger partial charge is 0.493 e. The number of carbonyl (C=O) groups is 2. The van der Waals surface area contributed by atoms with Crippen LogP contribution in [-0.2, 0) is 10.5 Å². The first-order valence-corrected chi connectivity index (χ1v) is 9.22. The summed E-state index contributed by atoms with van der Waals surface area (Å²) in [6, 6.07) is 9.62. The Morgan fingerprint density at radius 3 is 2.63 bits per heavy atom. The number of methoxy groups -OCH3 is 2. The van der Waals surface area contributed by atoms with Crippen molar-refractivity contribution in [1.29, 1.82) is 0 Å². The summed E-state index contributed by atoms with van der Waals surface area (Å²) in [5, 5.41) is 11.3. The van der Waals surface area contributed by atoms with Crippen LogP contribution >= 0.6 is 11.8 Å². The van der Waals surface area contributed by atoms with E-state index < -0.39 is 17.7 Å². The lowest BCUT2D eigenvalue weighted by Crippen LogP contribution is -2.15. The molecule has 1 amide bonds. The fourth-order valence-corrected chi connectivity index (χ4v) is 3.28. The molecule has 144 valence electrons. The van der Waals surface area contributed by atoms with Gasteiger partial charge in [0.1, 0.15) is 11.4 Å². The maximum Gasteiger partial charge on any atom is 0.304 e. The van der Waals surface area contributed by atoms with Gasteiger partial charge in [0.15, 0.2) is 11.5 Å². The maximum atomic E-state index is 14.2. The van der Waals surface area contributed by atoms with E-state index in [-0.39, 0.29) is 23.5 Å². The number of benzene rings is 2. The molecule has 2 N–H and O–H groups in total. The molecule has 0 unspecified atom stereocenters. The molecule has 0 aliphatic carbocycles. The van der Waals surface area contributed by atoms with Crippen molar-refractivity contribution in [3.05, 3.63) is 53.3 Å². The van der Waals surface area contributed by atoms with Gasteiger partial charge >= 0.3 is 5.97 Å². The van der Waals surface area contributed by atoms with Crippen LogP contribution in [0.25, 0.3) is 0 Å². The standard InChI is InChI=1S/C19H20FNO5S/c1-25-15-7-6-14(20)17(18(15)26-2)19(24)21-13-5-3-4-12(10-13)11-27-9-8-16(22)23/h3-7,10H,8-9,11H2,1-2H3,(H,21,24)(H,22,23). The summed E-state index contributed by atoms with van der Waals surface area (Å²) in [6.45, 7) is 0. The average molecular weight is 393 g/mol. The van der Waals surface area contributed by atoms with Crippen LogP contribution in [0.15, 0.2) is 36.4 Å². The van der Waals surface area contributed by atoms with E-state index in [9.17, 15) is 14.0 Å². The van der Waals surface area contributed by atoms with E-state index in [0.29, 0.717) is 17.2 Å². The highest BCUT2D eigenvalue weighted by atomic mass is 32.2. The summed E-state index contributed by atoms with van der Waals surface area (Å²) in [6.07, 6.45) is 0.0933. The number of hydrogen-bond donors (Lipinski definition) is 2. The Balaban J connectivity index is 2.12. The molecule has 27 heavy (non-hydrogen) atoms. The van der Waals surface area contributed by atoms with E-state index in [1.165, 1.54) is 32.0 Å². The van der Waals surface area contributed by atoms with Gasteiger partial charge in [0, 0.05) is 17.2 Å². The lowest BCUT2D eigenvalue weighted by Gasteiger charge is -2.14. The average Bonchev–Trinajstić information content (AvgIpc) is 2.64. The first-order valence-electron chi connectivity index (χ1n) is 8.06. The molecule has 0 heterocycles. The zero-order chi connectivity index (χ0) is 19.8. The van der Waals surface area contributed by atoms with Crippen molar-refractivity contribution in [1.82, 2.24) is 0 Å². The number of carboxylic acid groups (broad SMARTS) is 1. The molecule has 2 aromatic carbocycles. The molecule has 0 bridgehead atoms. The lowest BCUT2D eigenvalue weighted by molar-refractivity contribution is -0.136. The second-order valence-corrected chi connectivity index (χ2v) is 6.61. The van der Waals surface area contributed by atoms with E-state index >= 15 is 0 Å². The molecule has 0 saturated carbocycles. The van der Waals surface area contributed by atoms with E-state index in [4.69, 9.17) is 14.6 Å². The fourth-order valence-electron chi connectivity index (χ4n) is 2.40.